The molecule has 268 valence electrons. The molecule has 0 amide bonds. The summed E-state index contributed by atoms with van der Waals surface area (Å²) in [5, 5.41) is 4.51. The van der Waals surface area contributed by atoms with Gasteiger partial charge in [0.2, 0.25) is 5.89 Å². The highest BCUT2D eigenvalue weighted by Crippen LogP contribution is 2.44. The lowest BCUT2D eigenvalue weighted by molar-refractivity contribution is 0.621. The molecule has 2 aromatic heterocycles. The lowest BCUT2D eigenvalue weighted by atomic mass is 9.97. The van der Waals surface area contributed by atoms with Crippen LogP contribution in [-0.2, 0) is 0 Å². The zero-order valence-corrected chi connectivity index (χ0v) is 30.8. The molecule has 4 heteroatoms. The fourth-order valence-electron chi connectivity index (χ4n) is 8.28. The van der Waals surface area contributed by atoms with Crippen LogP contribution in [0, 0.1) is 0 Å². The Kier molecular flexibility index (Phi) is 7.78. The van der Waals surface area contributed by atoms with Gasteiger partial charge in [0, 0.05) is 38.8 Å². The summed E-state index contributed by atoms with van der Waals surface area (Å²) in [5.41, 5.74) is 14.0. The third kappa shape index (κ3) is 5.66. The van der Waals surface area contributed by atoms with E-state index >= 15 is 0 Å². The molecule has 0 bridgehead atoms. The van der Waals surface area contributed by atoms with Gasteiger partial charge in [-0.2, -0.15) is 0 Å². The largest absolute Gasteiger partial charge is 0.456 e. The fraction of sp³-hybridized carbons (Fsp3) is 0. The number of furan rings is 1. The number of para-hydroxylation sites is 3. The van der Waals surface area contributed by atoms with Crippen LogP contribution in [0.2, 0.25) is 0 Å². The Hall–Kier alpha value is -7.69. The maximum atomic E-state index is 6.67. The number of hydrogen-bond acceptors (Lipinski definition) is 4. The summed E-state index contributed by atoms with van der Waals surface area (Å²) in [4.78, 5) is 7.37. The number of hydrogen-bond donors (Lipinski definition) is 0. The van der Waals surface area contributed by atoms with Crippen LogP contribution in [0.25, 0.3) is 88.6 Å². The zero-order valence-electron chi connectivity index (χ0n) is 30.8. The van der Waals surface area contributed by atoms with E-state index in [-0.39, 0.29) is 0 Å². The number of aromatic nitrogens is 1. The second-order valence-corrected chi connectivity index (χ2v) is 14.3. The van der Waals surface area contributed by atoms with Crippen molar-refractivity contribution in [3.05, 3.63) is 206 Å². The van der Waals surface area contributed by atoms with Crippen molar-refractivity contribution < 1.29 is 8.83 Å². The minimum absolute atomic E-state index is 0.570. The van der Waals surface area contributed by atoms with Gasteiger partial charge in [-0.3, -0.25) is 0 Å². The van der Waals surface area contributed by atoms with Gasteiger partial charge in [-0.1, -0.05) is 152 Å². The molecule has 0 spiro atoms. The van der Waals surface area contributed by atoms with Crippen molar-refractivity contribution in [2.45, 2.75) is 0 Å². The number of nitrogens with zero attached hydrogens (tertiary/aromatic N) is 2. The fourth-order valence-corrected chi connectivity index (χ4v) is 8.28. The lowest BCUT2D eigenvalue weighted by Gasteiger charge is -2.28. The van der Waals surface area contributed by atoms with Crippen molar-refractivity contribution in [3.8, 4) is 44.8 Å². The average molecular weight is 731 g/mol. The second kappa shape index (κ2) is 13.6. The lowest BCUT2D eigenvalue weighted by Crippen LogP contribution is -2.11. The number of fused-ring (bicyclic) bond motifs is 5. The van der Waals surface area contributed by atoms with Gasteiger partial charge >= 0.3 is 0 Å². The van der Waals surface area contributed by atoms with E-state index in [0.29, 0.717) is 5.89 Å². The van der Waals surface area contributed by atoms with Crippen LogP contribution in [-0.4, -0.2) is 4.98 Å². The molecule has 2 heterocycles. The van der Waals surface area contributed by atoms with E-state index < -0.39 is 0 Å². The molecule has 11 aromatic rings. The Bertz CT molecular complexity index is 3240. The van der Waals surface area contributed by atoms with E-state index in [2.05, 4.69) is 169 Å². The van der Waals surface area contributed by atoms with Crippen LogP contribution in [0.15, 0.2) is 215 Å². The monoisotopic (exact) mass is 730 g/mol. The minimum Gasteiger partial charge on any atom is -0.456 e. The summed E-state index contributed by atoms with van der Waals surface area (Å²) in [6.07, 6.45) is 0. The Labute approximate surface area is 329 Å². The Balaban J connectivity index is 1.03. The predicted molar refractivity (Wildman–Crippen MR) is 235 cm³/mol. The van der Waals surface area contributed by atoms with Crippen LogP contribution in [0.1, 0.15) is 0 Å². The number of rotatable bonds is 7. The summed E-state index contributed by atoms with van der Waals surface area (Å²) < 4.78 is 12.9. The van der Waals surface area contributed by atoms with Crippen molar-refractivity contribution in [2.75, 3.05) is 4.90 Å². The first kappa shape index (κ1) is 32.7. The molecule has 0 saturated carbocycles. The summed E-state index contributed by atoms with van der Waals surface area (Å²) >= 11 is 0. The van der Waals surface area contributed by atoms with Gasteiger partial charge in [0.1, 0.15) is 16.7 Å². The molecule has 9 aromatic carbocycles. The van der Waals surface area contributed by atoms with E-state index in [9.17, 15) is 0 Å². The highest BCUT2D eigenvalue weighted by Gasteiger charge is 2.21. The molecule has 0 radical (unpaired) electrons. The molecular weight excluding hydrogens is 697 g/mol. The maximum absolute atomic E-state index is 6.67. The SMILES string of the molecule is c1ccc(-c2ccccc2N(c2ccc(-c3cccc4nc(-c5cccc6oc7ccccc7c56)oc34)cc2)c2cccc(-c3cccc4ccccc34)c2)cc1. The van der Waals surface area contributed by atoms with Gasteiger partial charge in [-0.15, -0.1) is 0 Å². The predicted octanol–water partition coefficient (Wildman–Crippen LogP) is 15.0. The highest BCUT2D eigenvalue weighted by molar-refractivity contribution is 6.12. The van der Waals surface area contributed by atoms with Crippen molar-refractivity contribution in [2.24, 2.45) is 0 Å². The van der Waals surface area contributed by atoms with E-state index in [1.54, 1.807) is 0 Å². The molecule has 11 rings (SSSR count). The van der Waals surface area contributed by atoms with Crippen molar-refractivity contribution in [1.29, 1.82) is 0 Å². The van der Waals surface area contributed by atoms with Gasteiger partial charge in [0.15, 0.2) is 5.58 Å². The van der Waals surface area contributed by atoms with Crippen LogP contribution in [0.4, 0.5) is 17.1 Å². The number of oxazole rings is 1. The smallest absolute Gasteiger partial charge is 0.228 e. The molecule has 4 nitrogen and oxygen atoms in total. The quantitative estimate of drug-likeness (QED) is 0.164. The normalized spacial score (nSPS) is 11.5. The number of anilines is 3. The molecule has 57 heavy (non-hydrogen) atoms. The molecule has 0 aliphatic heterocycles. The van der Waals surface area contributed by atoms with Gasteiger partial charge in [-0.05, 0) is 87.6 Å². The minimum atomic E-state index is 0.570. The topological polar surface area (TPSA) is 42.4 Å². The summed E-state index contributed by atoms with van der Waals surface area (Å²) in [7, 11) is 0. The van der Waals surface area contributed by atoms with E-state index in [1.807, 2.05) is 42.5 Å². The molecule has 0 atom stereocenters. The van der Waals surface area contributed by atoms with Gasteiger partial charge in [-0.25, -0.2) is 4.98 Å². The van der Waals surface area contributed by atoms with Crippen LogP contribution < -0.4 is 4.90 Å². The molecule has 0 N–H and O–H groups in total. The first-order chi connectivity index (χ1) is 28.3. The number of benzene rings is 9. The van der Waals surface area contributed by atoms with Gasteiger partial charge in [0.05, 0.1) is 5.69 Å². The first-order valence-corrected chi connectivity index (χ1v) is 19.2. The molecule has 0 saturated heterocycles. The van der Waals surface area contributed by atoms with Crippen LogP contribution in [0.5, 0.6) is 0 Å². The van der Waals surface area contributed by atoms with Crippen LogP contribution in [0.3, 0.4) is 0 Å². The summed E-state index contributed by atoms with van der Waals surface area (Å²) in [6.45, 7) is 0. The molecule has 0 unspecified atom stereocenters. The second-order valence-electron chi connectivity index (χ2n) is 14.3. The van der Waals surface area contributed by atoms with Gasteiger partial charge < -0.3 is 13.7 Å². The van der Waals surface area contributed by atoms with E-state index in [0.717, 1.165) is 83.5 Å². The van der Waals surface area contributed by atoms with Crippen molar-refractivity contribution in [3.63, 3.8) is 0 Å². The van der Waals surface area contributed by atoms with Crippen LogP contribution >= 0.6 is 0 Å². The first-order valence-electron chi connectivity index (χ1n) is 19.2. The standard InChI is InChI=1S/C53H34N2O2/c1-2-14-36(15-3-1)43-21-6-8-27-48(43)55(40-19-10-18-38(34-40)42-23-11-17-35-16-4-5-20-41(35)42)39-32-30-37(31-33-39)44-24-12-26-47-52(44)57-53(54-47)46-25-13-29-50-51(46)45-22-7-9-28-49(45)56-50/h1-34H. The molecule has 0 aliphatic rings. The Morgan fingerprint density at radius 2 is 1.02 bits per heavy atom. The molecule has 0 fully saturated rings. The average Bonchev–Trinajstić information content (AvgIpc) is 3.90. The summed E-state index contributed by atoms with van der Waals surface area (Å²) in [5.74, 6) is 0.570. The van der Waals surface area contributed by atoms with E-state index in [1.165, 1.54) is 16.3 Å². The summed E-state index contributed by atoms with van der Waals surface area (Å²) in [6, 6.07) is 72.3. The maximum Gasteiger partial charge on any atom is 0.228 e. The zero-order chi connectivity index (χ0) is 37.7. The van der Waals surface area contributed by atoms with Gasteiger partial charge in [0.25, 0.3) is 0 Å². The highest BCUT2D eigenvalue weighted by atomic mass is 16.4. The third-order valence-electron chi connectivity index (χ3n) is 10.9. The van der Waals surface area contributed by atoms with Crippen molar-refractivity contribution in [1.82, 2.24) is 4.98 Å². The Morgan fingerprint density at radius 1 is 0.386 bits per heavy atom. The molecule has 0 aliphatic carbocycles. The van der Waals surface area contributed by atoms with E-state index in [4.69, 9.17) is 13.8 Å². The Morgan fingerprint density at radius 3 is 1.93 bits per heavy atom. The third-order valence-corrected chi connectivity index (χ3v) is 10.9. The molecular formula is C53H34N2O2. The van der Waals surface area contributed by atoms with Crippen molar-refractivity contribution >= 4 is 60.9 Å².